The lowest BCUT2D eigenvalue weighted by molar-refractivity contribution is 0.625. The molecule has 0 radical (unpaired) electrons. The fourth-order valence-electron chi connectivity index (χ4n) is 2.48. The van der Waals surface area contributed by atoms with Crippen LogP contribution in [0.2, 0.25) is 0 Å². The van der Waals surface area contributed by atoms with Gasteiger partial charge in [-0.15, -0.1) is 11.3 Å². The Morgan fingerprint density at radius 1 is 1.30 bits per heavy atom. The van der Waals surface area contributed by atoms with Gasteiger partial charge in [0.25, 0.3) is 0 Å². The van der Waals surface area contributed by atoms with E-state index in [1.54, 1.807) is 11.3 Å². The minimum atomic E-state index is 0.346. The Hall–Kier alpha value is -1.33. The number of aryl methyl sites for hydroxylation is 1. The fraction of sp³-hybridized carbons (Fsp3) is 0.267. The molecule has 5 heteroatoms. The summed E-state index contributed by atoms with van der Waals surface area (Å²) in [5, 5.41) is 0.834. The summed E-state index contributed by atoms with van der Waals surface area (Å²) >= 11 is 5.11. The van der Waals surface area contributed by atoms with Gasteiger partial charge in [-0.05, 0) is 50.6 Å². The Bertz CT molecular complexity index is 786. The Kier molecular flexibility index (Phi) is 3.34. The van der Waals surface area contributed by atoms with E-state index in [2.05, 4.69) is 59.5 Å². The molecule has 0 aliphatic carbocycles. The van der Waals surface area contributed by atoms with Gasteiger partial charge >= 0.3 is 0 Å². The number of imidazole rings is 1. The van der Waals surface area contributed by atoms with Gasteiger partial charge in [0.15, 0.2) is 5.82 Å². The molecule has 3 nitrogen and oxygen atoms in total. The van der Waals surface area contributed by atoms with Crippen molar-refractivity contribution in [3.8, 4) is 10.7 Å². The van der Waals surface area contributed by atoms with Gasteiger partial charge in [0.05, 0.1) is 20.9 Å². The molecule has 2 N–H and O–H groups in total. The second-order valence-electron chi connectivity index (χ2n) is 5.19. The molecule has 0 aliphatic rings. The molecule has 0 saturated carbocycles. The molecule has 0 aliphatic heterocycles. The van der Waals surface area contributed by atoms with Crippen molar-refractivity contribution < 1.29 is 0 Å². The first kappa shape index (κ1) is 13.6. The average Bonchev–Trinajstić information content (AvgIpc) is 2.88. The first-order valence-corrected chi connectivity index (χ1v) is 8.12. The number of anilines is 1. The highest BCUT2D eigenvalue weighted by molar-refractivity contribution is 9.10. The molecular formula is C15H16BrN3S. The second kappa shape index (κ2) is 4.90. The Labute approximate surface area is 130 Å². The van der Waals surface area contributed by atoms with E-state index in [1.807, 2.05) is 6.07 Å². The molecule has 2 heterocycles. The summed E-state index contributed by atoms with van der Waals surface area (Å²) in [6.45, 7) is 6.44. The molecule has 0 spiro atoms. The monoisotopic (exact) mass is 349 g/mol. The number of thiophene rings is 1. The van der Waals surface area contributed by atoms with Crippen LogP contribution in [0.5, 0.6) is 0 Å². The van der Waals surface area contributed by atoms with Gasteiger partial charge in [0.1, 0.15) is 0 Å². The van der Waals surface area contributed by atoms with Gasteiger partial charge in [-0.2, -0.15) is 0 Å². The second-order valence-corrected chi connectivity index (χ2v) is 7.19. The van der Waals surface area contributed by atoms with Gasteiger partial charge in [-0.25, -0.2) is 4.98 Å². The third-order valence-electron chi connectivity index (χ3n) is 3.31. The zero-order valence-electron chi connectivity index (χ0n) is 11.6. The topological polar surface area (TPSA) is 43.8 Å². The quantitative estimate of drug-likeness (QED) is 0.707. The Balaban J connectivity index is 2.34. The molecule has 0 atom stereocenters. The van der Waals surface area contributed by atoms with Crippen LogP contribution in [0, 0.1) is 6.92 Å². The van der Waals surface area contributed by atoms with E-state index in [4.69, 9.17) is 10.7 Å². The van der Waals surface area contributed by atoms with Crippen molar-refractivity contribution in [2.75, 3.05) is 5.73 Å². The number of halogens is 1. The number of nitrogens with two attached hydrogens (primary N) is 1. The minimum absolute atomic E-state index is 0.346. The van der Waals surface area contributed by atoms with E-state index in [9.17, 15) is 0 Å². The van der Waals surface area contributed by atoms with Crippen LogP contribution < -0.4 is 5.73 Å². The lowest BCUT2D eigenvalue weighted by Gasteiger charge is -2.12. The maximum atomic E-state index is 5.94. The summed E-state index contributed by atoms with van der Waals surface area (Å²) in [7, 11) is 0. The molecule has 0 saturated heterocycles. The predicted octanol–water partition coefficient (Wildman–Crippen LogP) is 5.00. The van der Waals surface area contributed by atoms with E-state index < -0.39 is 0 Å². The summed E-state index contributed by atoms with van der Waals surface area (Å²) in [5.74, 6) is 1.01. The van der Waals surface area contributed by atoms with E-state index in [1.165, 1.54) is 5.56 Å². The van der Waals surface area contributed by atoms with E-state index in [0.717, 1.165) is 31.2 Å². The van der Waals surface area contributed by atoms with Crippen LogP contribution in [-0.2, 0) is 0 Å². The smallest absolute Gasteiger partial charge is 0.151 e. The first-order chi connectivity index (χ1) is 9.47. The zero-order chi connectivity index (χ0) is 14.4. The fourth-order valence-corrected chi connectivity index (χ4v) is 3.76. The standard InChI is InChI=1S/C15H16BrN3S/c1-8(2)19-12-5-4-10(16)7-11(12)18-15(19)14-9(3)6-13(17)20-14/h4-8H,17H2,1-3H3. The van der Waals surface area contributed by atoms with Gasteiger partial charge in [-0.3, -0.25) is 0 Å². The van der Waals surface area contributed by atoms with Crippen LogP contribution in [-0.4, -0.2) is 9.55 Å². The first-order valence-electron chi connectivity index (χ1n) is 6.51. The van der Waals surface area contributed by atoms with Crippen LogP contribution in [0.3, 0.4) is 0 Å². The lowest BCUT2D eigenvalue weighted by atomic mass is 10.2. The maximum Gasteiger partial charge on any atom is 0.151 e. The zero-order valence-corrected chi connectivity index (χ0v) is 14.0. The van der Waals surface area contributed by atoms with Crippen molar-refractivity contribution in [1.82, 2.24) is 9.55 Å². The van der Waals surface area contributed by atoms with Crippen LogP contribution in [0.1, 0.15) is 25.5 Å². The predicted molar refractivity (Wildman–Crippen MR) is 90.3 cm³/mol. The average molecular weight is 350 g/mol. The molecular weight excluding hydrogens is 334 g/mol. The number of rotatable bonds is 2. The van der Waals surface area contributed by atoms with Gasteiger partial charge < -0.3 is 10.3 Å². The Morgan fingerprint density at radius 3 is 2.65 bits per heavy atom. The minimum Gasteiger partial charge on any atom is -0.391 e. The van der Waals surface area contributed by atoms with Crippen molar-refractivity contribution in [3.05, 3.63) is 34.3 Å². The molecule has 0 unspecified atom stereocenters. The summed E-state index contributed by atoms with van der Waals surface area (Å²) in [4.78, 5) is 5.98. The molecule has 2 aromatic heterocycles. The van der Waals surface area contributed by atoms with Gasteiger partial charge in [0.2, 0.25) is 0 Å². The molecule has 0 amide bonds. The van der Waals surface area contributed by atoms with Crippen molar-refractivity contribution in [3.63, 3.8) is 0 Å². The molecule has 3 aromatic rings. The van der Waals surface area contributed by atoms with E-state index in [0.29, 0.717) is 6.04 Å². The molecule has 0 fully saturated rings. The molecule has 104 valence electrons. The Morgan fingerprint density at radius 2 is 2.05 bits per heavy atom. The number of nitrogens with zero attached hydrogens (tertiary/aromatic N) is 2. The maximum absolute atomic E-state index is 5.94. The lowest BCUT2D eigenvalue weighted by Crippen LogP contribution is -2.02. The number of hydrogen-bond donors (Lipinski definition) is 1. The molecule has 20 heavy (non-hydrogen) atoms. The van der Waals surface area contributed by atoms with Crippen LogP contribution in [0.15, 0.2) is 28.7 Å². The van der Waals surface area contributed by atoms with Gasteiger partial charge in [0, 0.05) is 10.5 Å². The third-order valence-corrected chi connectivity index (χ3v) is 4.86. The van der Waals surface area contributed by atoms with Crippen LogP contribution in [0.25, 0.3) is 21.7 Å². The highest BCUT2D eigenvalue weighted by Gasteiger charge is 2.18. The highest BCUT2D eigenvalue weighted by Crippen LogP contribution is 2.37. The summed E-state index contributed by atoms with van der Waals surface area (Å²) in [5.41, 5.74) is 9.29. The number of nitrogen functional groups attached to an aromatic ring is 1. The number of fused-ring (bicyclic) bond motifs is 1. The van der Waals surface area contributed by atoms with Crippen LogP contribution >= 0.6 is 27.3 Å². The van der Waals surface area contributed by atoms with E-state index >= 15 is 0 Å². The SMILES string of the molecule is Cc1cc(N)sc1-c1nc2cc(Br)ccc2n1C(C)C. The van der Waals surface area contributed by atoms with Crippen LogP contribution in [0.4, 0.5) is 5.00 Å². The van der Waals surface area contributed by atoms with Crippen molar-refractivity contribution in [2.24, 2.45) is 0 Å². The normalized spacial score (nSPS) is 11.7. The third kappa shape index (κ3) is 2.15. The van der Waals surface area contributed by atoms with Crippen molar-refractivity contribution in [2.45, 2.75) is 26.8 Å². The largest absolute Gasteiger partial charge is 0.391 e. The number of aromatic nitrogens is 2. The van der Waals surface area contributed by atoms with E-state index in [-0.39, 0.29) is 0 Å². The molecule has 1 aromatic carbocycles. The highest BCUT2D eigenvalue weighted by atomic mass is 79.9. The van der Waals surface area contributed by atoms with Crippen molar-refractivity contribution >= 4 is 43.3 Å². The number of hydrogen-bond acceptors (Lipinski definition) is 3. The summed E-state index contributed by atoms with van der Waals surface area (Å²) < 4.78 is 3.33. The summed E-state index contributed by atoms with van der Waals surface area (Å²) in [6.07, 6.45) is 0. The molecule has 0 bridgehead atoms. The van der Waals surface area contributed by atoms with Gasteiger partial charge in [-0.1, -0.05) is 15.9 Å². The molecule has 3 rings (SSSR count). The summed E-state index contributed by atoms with van der Waals surface area (Å²) in [6, 6.07) is 8.59. The van der Waals surface area contributed by atoms with Crippen molar-refractivity contribution in [1.29, 1.82) is 0 Å². The number of benzene rings is 1.